The van der Waals surface area contributed by atoms with Gasteiger partial charge in [0, 0.05) is 5.92 Å². The first-order chi connectivity index (χ1) is 7.19. The third-order valence-electron chi connectivity index (χ3n) is 3.26. The smallest absolute Gasteiger partial charge is 0.232 e. The summed E-state index contributed by atoms with van der Waals surface area (Å²) < 4.78 is 5.07. The summed E-state index contributed by atoms with van der Waals surface area (Å²) in [6, 6.07) is 0. The Bertz CT molecular complexity index is 275. The number of aliphatic hydroxyl groups is 1. The van der Waals surface area contributed by atoms with E-state index in [0.29, 0.717) is 13.2 Å². The van der Waals surface area contributed by atoms with Gasteiger partial charge in [-0.1, -0.05) is 13.0 Å². The molecule has 4 unspecified atom stereocenters. The van der Waals surface area contributed by atoms with Gasteiger partial charge in [0.05, 0.1) is 25.2 Å². The second-order valence-corrected chi connectivity index (χ2v) is 4.19. The van der Waals surface area contributed by atoms with Gasteiger partial charge in [0.2, 0.25) is 5.91 Å². The van der Waals surface area contributed by atoms with Gasteiger partial charge in [0.25, 0.3) is 0 Å². The van der Waals surface area contributed by atoms with Crippen LogP contribution in [0.1, 0.15) is 13.3 Å². The molecular formula is C11H17NO3. The first-order valence-corrected chi connectivity index (χ1v) is 5.41. The number of rotatable bonds is 4. The lowest BCUT2D eigenvalue weighted by Gasteiger charge is -2.21. The van der Waals surface area contributed by atoms with E-state index in [1.807, 2.05) is 6.92 Å². The van der Waals surface area contributed by atoms with Crippen LogP contribution < -0.4 is 0 Å². The summed E-state index contributed by atoms with van der Waals surface area (Å²) in [5.74, 6) is -0.266. The van der Waals surface area contributed by atoms with Crippen molar-refractivity contribution in [3.05, 3.63) is 12.7 Å². The number of nitrogens with zero attached hydrogens (tertiary/aromatic N) is 1. The number of hydrogen-bond acceptors (Lipinski definition) is 3. The quantitative estimate of drug-likeness (QED) is 0.540. The van der Waals surface area contributed by atoms with Gasteiger partial charge in [-0.2, -0.15) is 0 Å². The van der Waals surface area contributed by atoms with Crippen molar-refractivity contribution in [3.8, 4) is 0 Å². The normalized spacial score (nSPS) is 39.6. The molecule has 2 aliphatic heterocycles. The number of ether oxygens (including phenoxy) is 1. The Morgan fingerprint density at radius 3 is 2.80 bits per heavy atom. The lowest BCUT2D eigenvalue weighted by atomic mass is 9.92. The molecule has 4 heteroatoms. The number of epoxide rings is 1. The fourth-order valence-corrected chi connectivity index (χ4v) is 2.25. The molecule has 2 rings (SSSR count). The Morgan fingerprint density at radius 2 is 2.40 bits per heavy atom. The molecule has 0 bridgehead atoms. The Labute approximate surface area is 89.5 Å². The fraction of sp³-hybridized carbons (Fsp3) is 0.727. The summed E-state index contributed by atoms with van der Waals surface area (Å²) >= 11 is 0. The molecule has 1 N–H and O–H groups in total. The van der Waals surface area contributed by atoms with Crippen LogP contribution >= 0.6 is 0 Å². The molecule has 2 heterocycles. The molecule has 2 aliphatic rings. The van der Waals surface area contributed by atoms with Gasteiger partial charge in [0.15, 0.2) is 0 Å². The van der Waals surface area contributed by atoms with E-state index < -0.39 is 6.23 Å². The fourth-order valence-electron chi connectivity index (χ4n) is 2.25. The van der Waals surface area contributed by atoms with Gasteiger partial charge in [-0.15, -0.1) is 6.58 Å². The maximum absolute atomic E-state index is 11.9. The summed E-state index contributed by atoms with van der Waals surface area (Å²) in [7, 11) is 0. The highest BCUT2D eigenvalue weighted by Crippen LogP contribution is 2.33. The molecule has 84 valence electrons. The SMILES string of the molecule is C=CC1C(=O)N(CC2CO2)C(O)C1CC. The molecule has 0 spiro atoms. The average molecular weight is 211 g/mol. The van der Waals surface area contributed by atoms with Crippen molar-refractivity contribution in [1.29, 1.82) is 0 Å². The van der Waals surface area contributed by atoms with Crippen molar-refractivity contribution in [2.75, 3.05) is 13.2 Å². The molecule has 0 radical (unpaired) electrons. The molecule has 2 fully saturated rings. The predicted molar refractivity (Wildman–Crippen MR) is 54.9 cm³/mol. The topological polar surface area (TPSA) is 53.1 Å². The van der Waals surface area contributed by atoms with Crippen LogP contribution in [0.4, 0.5) is 0 Å². The Hall–Kier alpha value is -0.870. The van der Waals surface area contributed by atoms with Crippen molar-refractivity contribution < 1.29 is 14.6 Å². The standard InChI is InChI=1S/C11H17NO3/c1-3-8-9(4-2)11(14)12(10(8)13)5-7-6-15-7/h3,7-9,11,14H,1,4-6H2,2H3. The Kier molecular flexibility index (Phi) is 2.80. The van der Waals surface area contributed by atoms with Crippen molar-refractivity contribution in [1.82, 2.24) is 4.90 Å². The number of carbonyl (C=O) groups excluding carboxylic acids is 1. The number of aliphatic hydroxyl groups excluding tert-OH is 1. The van der Waals surface area contributed by atoms with E-state index in [1.165, 1.54) is 4.90 Å². The van der Waals surface area contributed by atoms with Crippen molar-refractivity contribution in [2.45, 2.75) is 25.7 Å². The highest BCUT2D eigenvalue weighted by molar-refractivity contribution is 5.83. The highest BCUT2D eigenvalue weighted by Gasteiger charge is 2.46. The third kappa shape index (κ3) is 1.79. The van der Waals surface area contributed by atoms with Crippen molar-refractivity contribution >= 4 is 5.91 Å². The van der Waals surface area contributed by atoms with Crippen LogP contribution in [0.3, 0.4) is 0 Å². The van der Waals surface area contributed by atoms with Crippen LogP contribution in [0.2, 0.25) is 0 Å². The highest BCUT2D eigenvalue weighted by atomic mass is 16.6. The van der Waals surface area contributed by atoms with Gasteiger partial charge in [-0.05, 0) is 6.42 Å². The number of likely N-dealkylation sites (tertiary alicyclic amines) is 1. The monoisotopic (exact) mass is 211 g/mol. The minimum absolute atomic E-state index is 0.0140. The Morgan fingerprint density at radius 1 is 1.73 bits per heavy atom. The van der Waals surface area contributed by atoms with E-state index in [-0.39, 0.29) is 23.8 Å². The molecule has 0 aromatic carbocycles. The van der Waals surface area contributed by atoms with E-state index in [4.69, 9.17) is 4.74 Å². The maximum Gasteiger partial charge on any atom is 0.232 e. The molecule has 0 aliphatic carbocycles. The molecular weight excluding hydrogens is 194 g/mol. The molecule has 0 aromatic rings. The van der Waals surface area contributed by atoms with Gasteiger partial charge in [0.1, 0.15) is 6.23 Å². The van der Waals surface area contributed by atoms with Crippen LogP contribution in [0, 0.1) is 11.8 Å². The predicted octanol–water partition coefficient (Wildman–Crippen LogP) is 0.374. The zero-order valence-corrected chi connectivity index (χ0v) is 8.93. The van der Waals surface area contributed by atoms with Crippen molar-refractivity contribution in [3.63, 3.8) is 0 Å². The zero-order valence-electron chi connectivity index (χ0n) is 8.93. The first-order valence-electron chi connectivity index (χ1n) is 5.41. The molecule has 2 saturated heterocycles. The third-order valence-corrected chi connectivity index (χ3v) is 3.26. The molecule has 4 nitrogen and oxygen atoms in total. The van der Waals surface area contributed by atoms with Gasteiger partial charge in [-0.25, -0.2) is 0 Å². The Balaban J connectivity index is 2.10. The van der Waals surface area contributed by atoms with E-state index in [0.717, 1.165) is 6.42 Å². The van der Waals surface area contributed by atoms with E-state index in [1.54, 1.807) is 6.08 Å². The lowest BCUT2D eigenvalue weighted by Crippen LogP contribution is -2.37. The lowest BCUT2D eigenvalue weighted by molar-refractivity contribution is -0.135. The maximum atomic E-state index is 11.9. The van der Waals surface area contributed by atoms with E-state index in [9.17, 15) is 9.90 Å². The van der Waals surface area contributed by atoms with Crippen molar-refractivity contribution in [2.24, 2.45) is 11.8 Å². The second-order valence-electron chi connectivity index (χ2n) is 4.19. The summed E-state index contributed by atoms with van der Waals surface area (Å²) in [5, 5.41) is 10.00. The molecule has 0 saturated carbocycles. The van der Waals surface area contributed by atoms with E-state index in [2.05, 4.69) is 6.58 Å². The van der Waals surface area contributed by atoms with E-state index >= 15 is 0 Å². The second kappa shape index (κ2) is 3.94. The van der Waals surface area contributed by atoms with Crippen LogP contribution in [-0.2, 0) is 9.53 Å². The van der Waals surface area contributed by atoms with Crippen LogP contribution in [0.15, 0.2) is 12.7 Å². The summed E-state index contributed by atoms with van der Waals surface area (Å²) in [6.45, 7) is 6.86. The molecule has 1 amide bonds. The number of amides is 1. The largest absolute Gasteiger partial charge is 0.373 e. The van der Waals surface area contributed by atoms with Crippen LogP contribution in [0.5, 0.6) is 0 Å². The molecule has 4 atom stereocenters. The summed E-state index contributed by atoms with van der Waals surface area (Å²) in [6.07, 6.45) is 1.89. The number of carbonyl (C=O) groups is 1. The van der Waals surface area contributed by atoms with Crippen LogP contribution in [-0.4, -0.2) is 41.4 Å². The minimum Gasteiger partial charge on any atom is -0.373 e. The zero-order chi connectivity index (χ0) is 11.0. The average Bonchev–Trinajstić information content (AvgIpc) is 3.00. The van der Waals surface area contributed by atoms with Gasteiger partial charge in [-0.3, -0.25) is 4.79 Å². The van der Waals surface area contributed by atoms with Crippen LogP contribution in [0.25, 0.3) is 0 Å². The van der Waals surface area contributed by atoms with Gasteiger partial charge < -0.3 is 14.7 Å². The summed E-state index contributed by atoms with van der Waals surface area (Å²) in [5.41, 5.74) is 0. The first kappa shape index (κ1) is 10.6. The summed E-state index contributed by atoms with van der Waals surface area (Å²) in [4.78, 5) is 13.4. The number of hydrogen-bond donors (Lipinski definition) is 1. The minimum atomic E-state index is -0.672. The molecule has 0 aromatic heterocycles. The van der Waals surface area contributed by atoms with Gasteiger partial charge >= 0.3 is 0 Å². The molecule has 15 heavy (non-hydrogen) atoms.